The first kappa shape index (κ1) is 16.1. The Hall–Kier alpha value is -2.28. The van der Waals surface area contributed by atoms with Crippen molar-refractivity contribution in [2.24, 2.45) is 0 Å². The Bertz CT molecular complexity index is 559. The van der Waals surface area contributed by atoms with E-state index in [0.717, 1.165) is 5.56 Å². The van der Waals surface area contributed by atoms with E-state index >= 15 is 0 Å². The van der Waals surface area contributed by atoms with Gasteiger partial charge in [-0.3, -0.25) is 9.59 Å². The van der Waals surface area contributed by atoms with Gasteiger partial charge in [-0.1, -0.05) is 6.07 Å². The van der Waals surface area contributed by atoms with Gasteiger partial charge >= 0.3 is 5.97 Å². The van der Waals surface area contributed by atoms with Gasteiger partial charge in [0.1, 0.15) is 6.54 Å². The normalized spacial score (nSPS) is 12.5. The van der Waals surface area contributed by atoms with Gasteiger partial charge in [0.15, 0.2) is 11.5 Å². The summed E-state index contributed by atoms with van der Waals surface area (Å²) < 4.78 is 10.5. The Morgan fingerprint density at radius 2 is 1.91 bits per heavy atom. The van der Waals surface area contributed by atoms with Crippen LogP contribution in [0.5, 0.6) is 11.5 Å². The zero-order valence-electron chi connectivity index (χ0n) is 12.7. The summed E-state index contributed by atoms with van der Waals surface area (Å²) >= 11 is 0. The molecule has 1 aromatic rings. The Kier molecular flexibility index (Phi) is 5.21. The maximum atomic E-state index is 12.3. The van der Waals surface area contributed by atoms with E-state index in [2.05, 4.69) is 0 Å². The van der Waals surface area contributed by atoms with Crippen LogP contribution >= 0.6 is 0 Å². The average molecular weight is 308 g/mol. The van der Waals surface area contributed by atoms with Gasteiger partial charge in [0.05, 0.1) is 6.42 Å². The third kappa shape index (κ3) is 4.36. The summed E-state index contributed by atoms with van der Waals surface area (Å²) in [7, 11) is 3.75. The summed E-state index contributed by atoms with van der Waals surface area (Å²) in [5.74, 6) is 0.0375. The highest BCUT2D eigenvalue weighted by Crippen LogP contribution is 2.32. The number of ether oxygens (including phenoxy) is 2. The van der Waals surface area contributed by atoms with E-state index < -0.39 is 5.97 Å². The van der Waals surface area contributed by atoms with Crippen molar-refractivity contribution in [1.29, 1.82) is 0 Å². The lowest BCUT2D eigenvalue weighted by molar-refractivity contribution is -0.144. The van der Waals surface area contributed by atoms with Gasteiger partial charge in [-0.05, 0) is 31.8 Å². The molecule has 120 valence electrons. The van der Waals surface area contributed by atoms with Crippen molar-refractivity contribution in [3.8, 4) is 11.5 Å². The van der Waals surface area contributed by atoms with E-state index in [1.165, 1.54) is 4.90 Å². The first-order valence-corrected chi connectivity index (χ1v) is 6.98. The van der Waals surface area contributed by atoms with Crippen molar-refractivity contribution in [2.75, 3.05) is 40.5 Å². The van der Waals surface area contributed by atoms with Crippen LogP contribution in [0.25, 0.3) is 0 Å². The largest absolute Gasteiger partial charge is 0.480 e. The van der Waals surface area contributed by atoms with Gasteiger partial charge in [-0.2, -0.15) is 0 Å². The minimum Gasteiger partial charge on any atom is -0.480 e. The predicted molar refractivity (Wildman–Crippen MR) is 79.0 cm³/mol. The molecule has 0 spiro atoms. The molecule has 7 nitrogen and oxygen atoms in total. The van der Waals surface area contributed by atoms with Crippen LogP contribution in [0.2, 0.25) is 0 Å². The molecule has 0 unspecified atom stereocenters. The summed E-state index contributed by atoms with van der Waals surface area (Å²) in [4.78, 5) is 26.5. The lowest BCUT2D eigenvalue weighted by Gasteiger charge is -2.22. The second kappa shape index (κ2) is 7.13. The topological polar surface area (TPSA) is 79.3 Å². The fourth-order valence-corrected chi connectivity index (χ4v) is 2.11. The zero-order chi connectivity index (χ0) is 16.1. The van der Waals surface area contributed by atoms with Crippen LogP contribution in [-0.2, 0) is 16.0 Å². The maximum Gasteiger partial charge on any atom is 0.323 e. The molecule has 1 aliphatic rings. The number of fused-ring (bicyclic) bond motifs is 1. The van der Waals surface area contributed by atoms with Gasteiger partial charge in [0.25, 0.3) is 0 Å². The van der Waals surface area contributed by atoms with Gasteiger partial charge in [-0.15, -0.1) is 0 Å². The molecule has 22 heavy (non-hydrogen) atoms. The van der Waals surface area contributed by atoms with Crippen LogP contribution in [0.1, 0.15) is 5.56 Å². The van der Waals surface area contributed by atoms with E-state index in [1.807, 2.05) is 19.0 Å². The van der Waals surface area contributed by atoms with Crippen molar-refractivity contribution in [3.63, 3.8) is 0 Å². The second-order valence-electron chi connectivity index (χ2n) is 5.38. The highest BCUT2D eigenvalue weighted by molar-refractivity contribution is 5.83. The van der Waals surface area contributed by atoms with Crippen molar-refractivity contribution in [2.45, 2.75) is 6.42 Å². The number of rotatable bonds is 7. The van der Waals surface area contributed by atoms with Crippen LogP contribution in [0.15, 0.2) is 18.2 Å². The zero-order valence-corrected chi connectivity index (χ0v) is 12.7. The number of hydrogen-bond acceptors (Lipinski definition) is 5. The standard InChI is InChI=1S/C15H20N2O5/c1-16(2)5-6-17(9-15(19)20)14(18)8-11-3-4-12-13(7-11)22-10-21-12/h3-4,7H,5-6,8-10H2,1-2H3,(H,19,20). The molecule has 1 heterocycles. The fraction of sp³-hybridized carbons (Fsp3) is 0.467. The second-order valence-corrected chi connectivity index (χ2v) is 5.38. The SMILES string of the molecule is CN(C)CCN(CC(=O)O)C(=O)Cc1ccc2c(c1)OCO2. The van der Waals surface area contributed by atoms with E-state index in [4.69, 9.17) is 14.6 Å². The summed E-state index contributed by atoms with van der Waals surface area (Å²) in [6.45, 7) is 0.876. The monoisotopic (exact) mass is 308 g/mol. The van der Waals surface area contributed by atoms with Crippen molar-refractivity contribution < 1.29 is 24.2 Å². The number of nitrogens with zero attached hydrogens (tertiary/aromatic N) is 2. The number of carbonyl (C=O) groups is 2. The highest BCUT2D eigenvalue weighted by Gasteiger charge is 2.19. The number of benzene rings is 1. The first-order chi connectivity index (χ1) is 10.5. The van der Waals surface area contributed by atoms with Gasteiger partial charge in [0, 0.05) is 13.1 Å². The van der Waals surface area contributed by atoms with E-state index in [1.54, 1.807) is 18.2 Å². The molecule has 1 N–H and O–H groups in total. The number of carboxylic acids is 1. The number of likely N-dealkylation sites (N-methyl/N-ethyl adjacent to an activating group) is 1. The van der Waals surface area contributed by atoms with Crippen LogP contribution < -0.4 is 9.47 Å². The Balaban J connectivity index is 2.01. The van der Waals surface area contributed by atoms with Crippen molar-refractivity contribution in [3.05, 3.63) is 23.8 Å². The molecule has 0 aliphatic carbocycles. The maximum absolute atomic E-state index is 12.3. The summed E-state index contributed by atoms with van der Waals surface area (Å²) in [5.41, 5.74) is 0.773. The highest BCUT2D eigenvalue weighted by atomic mass is 16.7. The molecule has 7 heteroatoms. The van der Waals surface area contributed by atoms with Crippen LogP contribution in [0.4, 0.5) is 0 Å². The Morgan fingerprint density at radius 3 is 2.59 bits per heavy atom. The minimum absolute atomic E-state index is 0.136. The molecule has 0 atom stereocenters. The number of aliphatic carboxylic acids is 1. The minimum atomic E-state index is -1.02. The fourth-order valence-electron chi connectivity index (χ4n) is 2.11. The summed E-state index contributed by atoms with van der Waals surface area (Å²) in [6.07, 6.45) is 0.136. The molecule has 0 bridgehead atoms. The smallest absolute Gasteiger partial charge is 0.323 e. The molecule has 1 amide bonds. The Labute approximate surface area is 129 Å². The molecule has 0 aromatic heterocycles. The van der Waals surface area contributed by atoms with Crippen LogP contribution in [-0.4, -0.2) is 67.3 Å². The summed E-state index contributed by atoms with van der Waals surface area (Å²) in [6, 6.07) is 5.30. The molecule has 1 aromatic carbocycles. The molecule has 0 radical (unpaired) electrons. The Morgan fingerprint density at radius 1 is 1.18 bits per heavy atom. The molecular formula is C15H20N2O5. The van der Waals surface area contributed by atoms with Gasteiger partial charge < -0.3 is 24.4 Å². The molecule has 2 rings (SSSR count). The third-order valence-corrected chi connectivity index (χ3v) is 3.29. The third-order valence-electron chi connectivity index (χ3n) is 3.29. The van der Waals surface area contributed by atoms with Crippen LogP contribution in [0.3, 0.4) is 0 Å². The van der Waals surface area contributed by atoms with Crippen molar-refractivity contribution >= 4 is 11.9 Å². The molecule has 1 aliphatic heterocycles. The quantitative estimate of drug-likeness (QED) is 0.787. The average Bonchev–Trinajstić information content (AvgIpc) is 2.90. The predicted octanol–water partition coefficient (Wildman–Crippen LogP) is 0.433. The lowest BCUT2D eigenvalue weighted by Crippen LogP contribution is -2.40. The number of amides is 1. The first-order valence-electron chi connectivity index (χ1n) is 6.98. The number of carbonyl (C=O) groups excluding carboxylic acids is 1. The number of carboxylic acid groups (broad SMARTS) is 1. The van der Waals surface area contributed by atoms with E-state index in [9.17, 15) is 9.59 Å². The molecule has 0 fully saturated rings. The van der Waals surface area contributed by atoms with Crippen molar-refractivity contribution in [1.82, 2.24) is 9.80 Å². The van der Waals surface area contributed by atoms with Crippen LogP contribution in [0, 0.1) is 0 Å². The molecule has 0 saturated heterocycles. The van der Waals surface area contributed by atoms with E-state index in [-0.39, 0.29) is 25.7 Å². The lowest BCUT2D eigenvalue weighted by atomic mass is 10.1. The van der Waals surface area contributed by atoms with E-state index in [0.29, 0.717) is 24.6 Å². The van der Waals surface area contributed by atoms with Gasteiger partial charge in [-0.25, -0.2) is 0 Å². The summed E-state index contributed by atoms with van der Waals surface area (Å²) in [5, 5.41) is 8.95. The van der Waals surface area contributed by atoms with Gasteiger partial charge in [0.2, 0.25) is 12.7 Å². The number of hydrogen-bond donors (Lipinski definition) is 1. The molecule has 0 saturated carbocycles. The molecular weight excluding hydrogens is 288 g/mol.